The fraction of sp³-hybridized carbons (Fsp3) is 0.200. The van der Waals surface area contributed by atoms with E-state index >= 15 is 0 Å². The maximum absolute atomic E-state index is 12.2. The molecule has 3 nitrogen and oxygen atoms in total. The Labute approximate surface area is 146 Å². The quantitative estimate of drug-likeness (QED) is 0.697. The SMILES string of the molecule is Cc1cc(SCC(=O)N[C@@H](C)c2ccccc2)nc2ccccc12. The zero-order valence-electron chi connectivity index (χ0n) is 13.8. The van der Waals surface area contributed by atoms with Crippen molar-refractivity contribution in [2.24, 2.45) is 0 Å². The van der Waals surface area contributed by atoms with Crippen LogP contribution in [0.1, 0.15) is 24.1 Å². The van der Waals surface area contributed by atoms with Gasteiger partial charge in [0.25, 0.3) is 0 Å². The first-order chi connectivity index (χ1) is 11.6. The lowest BCUT2D eigenvalue weighted by Gasteiger charge is -2.14. The van der Waals surface area contributed by atoms with E-state index in [1.807, 2.05) is 61.5 Å². The molecule has 0 bridgehead atoms. The summed E-state index contributed by atoms with van der Waals surface area (Å²) in [6.45, 7) is 4.07. The molecule has 0 saturated heterocycles. The molecule has 122 valence electrons. The predicted molar refractivity (Wildman–Crippen MR) is 100 cm³/mol. The minimum atomic E-state index is 0.00518. The Bertz CT molecular complexity index is 849. The van der Waals surface area contributed by atoms with Crippen LogP contribution in [0, 0.1) is 6.92 Å². The van der Waals surface area contributed by atoms with Crippen LogP contribution in [0.4, 0.5) is 0 Å². The Morgan fingerprint density at radius 2 is 1.83 bits per heavy atom. The molecule has 1 amide bonds. The number of carbonyl (C=O) groups excluding carboxylic acids is 1. The lowest BCUT2D eigenvalue weighted by atomic mass is 10.1. The molecule has 0 saturated carbocycles. The lowest BCUT2D eigenvalue weighted by Crippen LogP contribution is -2.28. The predicted octanol–water partition coefficient (Wildman–Crippen LogP) is 4.51. The molecule has 2 aromatic carbocycles. The molecule has 1 heterocycles. The number of nitrogens with one attached hydrogen (secondary N) is 1. The fourth-order valence-corrected chi connectivity index (χ4v) is 3.43. The maximum Gasteiger partial charge on any atom is 0.230 e. The second-order valence-corrected chi connectivity index (χ2v) is 6.78. The number of para-hydroxylation sites is 1. The number of aromatic nitrogens is 1. The van der Waals surface area contributed by atoms with E-state index in [0.29, 0.717) is 5.75 Å². The topological polar surface area (TPSA) is 42.0 Å². The number of rotatable bonds is 5. The van der Waals surface area contributed by atoms with Gasteiger partial charge in [0.1, 0.15) is 0 Å². The summed E-state index contributed by atoms with van der Waals surface area (Å²) in [4.78, 5) is 16.8. The third kappa shape index (κ3) is 3.95. The number of hydrogen-bond donors (Lipinski definition) is 1. The van der Waals surface area contributed by atoms with Crippen molar-refractivity contribution in [2.75, 3.05) is 5.75 Å². The monoisotopic (exact) mass is 336 g/mol. The van der Waals surface area contributed by atoms with Gasteiger partial charge >= 0.3 is 0 Å². The molecule has 0 fully saturated rings. The Balaban J connectivity index is 1.62. The summed E-state index contributed by atoms with van der Waals surface area (Å²) in [5.74, 6) is 0.381. The highest BCUT2D eigenvalue weighted by atomic mass is 32.2. The minimum Gasteiger partial charge on any atom is -0.349 e. The van der Waals surface area contributed by atoms with Crippen molar-refractivity contribution in [1.29, 1.82) is 0 Å². The molecule has 3 aromatic rings. The van der Waals surface area contributed by atoms with Crippen LogP contribution in [-0.2, 0) is 4.79 Å². The summed E-state index contributed by atoms with van der Waals surface area (Å²) < 4.78 is 0. The Morgan fingerprint density at radius 1 is 1.12 bits per heavy atom. The molecule has 0 aliphatic heterocycles. The van der Waals surface area contributed by atoms with Crippen molar-refractivity contribution >= 4 is 28.6 Å². The molecule has 3 rings (SSSR count). The third-order valence-electron chi connectivity index (χ3n) is 3.93. The van der Waals surface area contributed by atoms with Crippen molar-refractivity contribution < 1.29 is 4.79 Å². The van der Waals surface area contributed by atoms with Gasteiger partial charge in [-0.2, -0.15) is 0 Å². The van der Waals surface area contributed by atoms with Crippen LogP contribution in [0.25, 0.3) is 10.9 Å². The Kier molecular flexibility index (Phi) is 5.16. The van der Waals surface area contributed by atoms with Crippen LogP contribution >= 0.6 is 11.8 Å². The number of fused-ring (bicyclic) bond motifs is 1. The molecule has 0 spiro atoms. The van der Waals surface area contributed by atoms with Gasteiger partial charge in [0.05, 0.1) is 22.3 Å². The molecule has 0 radical (unpaired) electrons. The summed E-state index contributed by atoms with van der Waals surface area (Å²) in [7, 11) is 0. The number of amides is 1. The second kappa shape index (κ2) is 7.49. The van der Waals surface area contributed by atoms with Gasteiger partial charge in [-0.3, -0.25) is 4.79 Å². The van der Waals surface area contributed by atoms with Gasteiger partial charge in [-0.15, -0.1) is 0 Å². The van der Waals surface area contributed by atoms with Crippen molar-refractivity contribution in [3.8, 4) is 0 Å². The van der Waals surface area contributed by atoms with E-state index in [-0.39, 0.29) is 11.9 Å². The Morgan fingerprint density at radius 3 is 2.62 bits per heavy atom. The highest BCUT2D eigenvalue weighted by Gasteiger charge is 2.10. The molecule has 1 aromatic heterocycles. The van der Waals surface area contributed by atoms with Crippen LogP contribution in [0.2, 0.25) is 0 Å². The first-order valence-corrected chi connectivity index (χ1v) is 8.95. The zero-order valence-corrected chi connectivity index (χ0v) is 14.6. The second-order valence-electron chi connectivity index (χ2n) is 5.78. The first-order valence-electron chi connectivity index (χ1n) is 7.97. The molecule has 1 atom stereocenters. The summed E-state index contributed by atoms with van der Waals surface area (Å²) >= 11 is 1.47. The average Bonchev–Trinajstić information content (AvgIpc) is 2.61. The first kappa shape index (κ1) is 16.5. The largest absolute Gasteiger partial charge is 0.349 e. The number of benzene rings is 2. The van der Waals surface area contributed by atoms with Gasteiger partial charge < -0.3 is 5.32 Å². The molecule has 0 unspecified atom stereocenters. The number of pyridine rings is 1. The summed E-state index contributed by atoms with van der Waals surface area (Å²) in [6.07, 6.45) is 0. The molecule has 24 heavy (non-hydrogen) atoms. The van der Waals surface area contributed by atoms with E-state index in [0.717, 1.165) is 21.5 Å². The van der Waals surface area contributed by atoms with E-state index in [4.69, 9.17) is 0 Å². The molecule has 4 heteroatoms. The number of nitrogens with zero attached hydrogens (tertiary/aromatic N) is 1. The van der Waals surface area contributed by atoms with Crippen molar-refractivity contribution in [1.82, 2.24) is 10.3 Å². The van der Waals surface area contributed by atoms with Crippen LogP contribution in [0.3, 0.4) is 0 Å². The van der Waals surface area contributed by atoms with Crippen LogP contribution in [0.15, 0.2) is 65.7 Å². The van der Waals surface area contributed by atoms with E-state index in [1.165, 1.54) is 17.3 Å². The van der Waals surface area contributed by atoms with Gasteiger partial charge in [0.15, 0.2) is 0 Å². The van der Waals surface area contributed by atoms with Gasteiger partial charge in [0, 0.05) is 5.39 Å². The van der Waals surface area contributed by atoms with Crippen LogP contribution in [0.5, 0.6) is 0 Å². The number of carbonyl (C=O) groups is 1. The Hall–Kier alpha value is -2.33. The van der Waals surface area contributed by atoms with E-state index < -0.39 is 0 Å². The summed E-state index contributed by atoms with van der Waals surface area (Å²) in [5, 5.41) is 5.07. The van der Waals surface area contributed by atoms with Crippen LogP contribution < -0.4 is 5.32 Å². The van der Waals surface area contributed by atoms with Crippen molar-refractivity contribution in [3.05, 3.63) is 71.8 Å². The standard InChI is InChI=1S/C20H20N2OS/c1-14-12-20(22-18-11-7-6-10-17(14)18)24-13-19(23)21-15(2)16-8-4-3-5-9-16/h3-12,15H,13H2,1-2H3,(H,21,23)/t15-/m0/s1. The van der Waals surface area contributed by atoms with Gasteiger partial charge in [-0.05, 0) is 37.1 Å². The number of aryl methyl sites for hydroxylation is 1. The van der Waals surface area contributed by atoms with Crippen molar-refractivity contribution in [2.45, 2.75) is 24.9 Å². The lowest BCUT2D eigenvalue weighted by molar-refractivity contribution is -0.119. The molecule has 0 aliphatic carbocycles. The summed E-state index contributed by atoms with van der Waals surface area (Å²) in [5.41, 5.74) is 3.26. The maximum atomic E-state index is 12.2. The molecular weight excluding hydrogens is 316 g/mol. The van der Waals surface area contributed by atoms with E-state index in [2.05, 4.69) is 23.3 Å². The smallest absolute Gasteiger partial charge is 0.230 e. The van der Waals surface area contributed by atoms with Gasteiger partial charge in [0.2, 0.25) is 5.91 Å². The minimum absolute atomic E-state index is 0.00518. The van der Waals surface area contributed by atoms with E-state index in [9.17, 15) is 4.79 Å². The third-order valence-corrected chi connectivity index (χ3v) is 4.84. The molecular formula is C20H20N2OS. The molecule has 1 N–H and O–H groups in total. The average molecular weight is 336 g/mol. The highest BCUT2D eigenvalue weighted by Crippen LogP contribution is 2.23. The number of thioether (sulfide) groups is 1. The van der Waals surface area contributed by atoms with E-state index in [1.54, 1.807) is 0 Å². The van der Waals surface area contributed by atoms with Crippen molar-refractivity contribution in [3.63, 3.8) is 0 Å². The fourth-order valence-electron chi connectivity index (χ4n) is 2.64. The van der Waals surface area contributed by atoms with Crippen LogP contribution in [-0.4, -0.2) is 16.6 Å². The zero-order chi connectivity index (χ0) is 16.9. The van der Waals surface area contributed by atoms with Gasteiger partial charge in [-0.25, -0.2) is 4.98 Å². The number of hydrogen-bond acceptors (Lipinski definition) is 3. The normalized spacial score (nSPS) is 12.1. The summed E-state index contributed by atoms with van der Waals surface area (Å²) in [6, 6.07) is 20.1. The highest BCUT2D eigenvalue weighted by molar-refractivity contribution is 7.99. The molecule has 0 aliphatic rings. The van der Waals surface area contributed by atoms with Gasteiger partial charge in [-0.1, -0.05) is 60.3 Å².